The lowest BCUT2D eigenvalue weighted by Gasteiger charge is -2.33. The molecule has 0 spiro atoms. The summed E-state index contributed by atoms with van der Waals surface area (Å²) < 4.78 is 29.6. The molecule has 5 heteroatoms. The first-order valence-electron chi connectivity index (χ1n) is 4.64. The van der Waals surface area contributed by atoms with E-state index in [0.717, 1.165) is 0 Å². The van der Waals surface area contributed by atoms with Crippen LogP contribution in [0.5, 0.6) is 0 Å². The van der Waals surface area contributed by atoms with Crippen molar-refractivity contribution >= 4 is 21.9 Å². The van der Waals surface area contributed by atoms with Gasteiger partial charge in [0.2, 0.25) is 5.92 Å². The lowest BCUT2D eigenvalue weighted by atomic mass is 9.86. The first-order chi connectivity index (χ1) is 6.40. The van der Waals surface area contributed by atoms with Crippen LogP contribution < -0.4 is 0 Å². The van der Waals surface area contributed by atoms with Gasteiger partial charge in [0.05, 0.1) is 6.61 Å². The molecule has 0 saturated heterocycles. The maximum Gasteiger partial charge on any atom is 0.322 e. The van der Waals surface area contributed by atoms with E-state index in [4.69, 9.17) is 4.74 Å². The van der Waals surface area contributed by atoms with Crippen molar-refractivity contribution in [3.63, 3.8) is 0 Å². The van der Waals surface area contributed by atoms with Crippen LogP contribution in [0.2, 0.25) is 0 Å². The van der Waals surface area contributed by atoms with Gasteiger partial charge in [-0.1, -0.05) is 15.9 Å². The molecule has 0 radical (unpaired) electrons. The van der Waals surface area contributed by atoms with Crippen LogP contribution in [-0.2, 0) is 9.53 Å². The van der Waals surface area contributed by atoms with E-state index in [1.807, 2.05) is 0 Å². The molecule has 1 aliphatic carbocycles. The second-order valence-corrected chi connectivity index (χ2v) is 5.06. The summed E-state index contributed by atoms with van der Waals surface area (Å²) in [6.07, 6.45) is -0.230. The lowest BCUT2D eigenvalue weighted by Crippen LogP contribution is -2.41. The van der Waals surface area contributed by atoms with Gasteiger partial charge in [-0.25, -0.2) is 8.78 Å². The monoisotopic (exact) mass is 270 g/mol. The van der Waals surface area contributed by atoms with E-state index in [-0.39, 0.29) is 32.3 Å². The van der Waals surface area contributed by atoms with Crippen molar-refractivity contribution in [1.29, 1.82) is 0 Å². The third-order valence-electron chi connectivity index (χ3n) is 2.42. The topological polar surface area (TPSA) is 26.3 Å². The molecule has 1 fully saturated rings. The largest absolute Gasteiger partial charge is 0.465 e. The summed E-state index contributed by atoms with van der Waals surface area (Å²) in [5.41, 5.74) is 0. The third kappa shape index (κ3) is 2.65. The number of esters is 1. The molecule has 14 heavy (non-hydrogen) atoms. The lowest BCUT2D eigenvalue weighted by molar-refractivity contribution is -0.149. The number of ether oxygens (including phenoxy) is 1. The van der Waals surface area contributed by atoms with Crippen LogP contribution in [0.15, 0.2) is 0 Å². The van der Waals surface area contributed by atoms with Crippen LogP contribution in [0.25, 0.3) is 0 Å². The number of alkyl halides is 3. The number of carbonyl (C=O) groups is 1. The predicted octanol–water partition coefficient (Wildman–Crippen LogP) is 2.89. The smallest absolute Gasteiger partial charge is 0.322 e. The minimum Gasteiger partial charge on any atom is -0.465 e. The van der Waals surface area contributed by atoms with Crippen molar-refractivity contribution in [2.24, 2.45) is 0 Å². The Morgan fingerprint density at radius 2 is 1.86 bits per heavy atom. The van der Waals surface area contributed by atoms with Crippen LogP contribution in [-0.4, -0.2) is 22.8 Å². The Labute approximate surface area is 90.1 Å². The van der Waals surface area contributed by atoms with Gasteiger partial charge < -0.3 is 4.74 Å². The molecule has 0 aromatic heterocycles. The summed E-state index contributed by atoms with van der Waals surface area (Å²) >= 11 is 3.21. The van der Waals surface area contributed by atoms with Crippen LogP contribution >= 0.6 is 15.9 Å². The third-order valence-corrected chi connectivity index (χ3v) is 3.53. The zero-order chi connectivity index (χ0) is 10.8. The van der Waals surface area contributed by atoms with Crippen molar-refractivity contribution in [2.45, 2.75) is 42.9 Å². The molecule has 0 atom stereocenters. The second-order valence-electron chi connectivity index (χ2n) is 3.54. The quantitative estimate of drug-likeness (QED) is 0.570. The van der Waals surface area contributed by atoms with Gasteiger partial charge in [0.1, 0.15) is 4.32 Å². The number of halogens is 3. The molecule has 0 aromatic rings. The molecule has 82 valence electrons. The van der Waals surface area contributed by atoms with Gasteiger partial charge in [-0.2, -0.15) is 0 Å². The number of hydrogen-bond acceptors (Lipinski definition) is 2. The SMILES string of the molecule is CCOC(=O)C1(Br)CCC(F)(F)CC1. The van der Waals surface area contributed by atoms with Crippen LogP contribution in [0.3, 0.4) is 0 Å². The van der Waals surface area contributed by atoms with Gasteiger partial charge in [-0.3, -0.25) is 4.79 Å². The van der Waals surface area contributed by atoms with Crippen molar-refractivity contribution in [3.05, 3.63) is 0 Å². The van der Waals surface area contributed by atoms with Crippen LogP contribution in [0.4, 0.5) is 8.78 Å². The molecule has 1 aliphatic rings. The molecule has 2 nitrogen and oxygen atoms in total. The highest BCUT2D eigenvalue weighted by Gasteiger charge is 2.47. The second kappa shape index (κ2) is 4.13. The van der Waals surface area contributed by atoms with Crippen molar-refractivity contribution in [1.82, 2.24) is 0 Å². The number of hydrogen-bond donors (Lipinski definition) is 0. The maximum absolute atomic E-state index is 12.8. The summed E-state index contributed by atoms with van der Waals surface area (Å²) in [6, 6.07) is 0. The summed E-state index contributed by atoms with van der Waals surface area (Å²) in [7, 11) is 0. The Balaban J connectivity index is 2.57. The predicted molar refractivity (Wildman–Crippen MR) is 51.7 cm³/mol. The highest BCUT2D eigenvalue weighted by molar-refractivity contribution is 9.10. The maximum atomic E-state index is 12.8. The summed E-state index contributed by atoms with van der Waals surface area (Å²) in [5.74, 6) is -3.04. The van der Waals surface area contributed by atoms with Gasteiger partial charge in [-0.05, 0) is 19.8 Å². The van der Waals surface area contributed by atoms with Gasteiger partial charge in [0.25, 0.3) is 0 Å². The molecule has 0 bridgehead atoms. The van der Waals surface area contributed by atoms with Gasteiger partial charge in [0.15, 0.2) is 0 Å². The fourth-order valence-corrected chi connectivity index (χ4v) is 1.99. The molecule has 0 amide bonds. The average Bonchev–Trinajstić information content (AvgIpc) is 2.11. The van der Waals surface area contributed by atoms with Crippen LogP contribution in [0.1, 0.15) is 32.6 Å². The summed E-state index contributed by atoms with van der Waals surface area (Å²) in [4.78, 5) is 11.4. The van der Waals surface area contributed by atoms with E-state index in [0.29, 0.717) is 0 Å². The molecule has 0 aliphatic heterocycles. The Morgan fingerprint density at radius 3 is 2.29 bits per heavy atom. The van der Waals surface area contributed by atoms with Gasteiger partial charge >= 0.3 is 5.97 Å². The average molecular weight is 271 g/mol. The fraction of sp³-hybridized carbons (Fsp3) is 0.889. The fourth-order valence-electron chi connectivity index (χ4n) is 1.48. The molecule has 0 unspecified atom stereocenters. The molecular formula is C9H13BrF2O2. The molecule has 0 N–H and O–H groups in total. The summed E-state index contributed by atoms with van der Waals surface area (Å²) in [6.45, 7) is 1.98. The molecule has 0 aromatic carbocycles. The molecule has 0 heterocycles. The zero-order valence-electron chi connectivity index (χ0n) is 7.99. The van der Waals surface area contributed by atoms with Gasteiger partial charge in [0, 0.05) is 12.8 Å². The number of carbonyl (C=O) groups excluding carboxylic acids is 1. The summed E-state index contributed by atoms with van der Waals surface area (Å²) in [5, 5.41) is 0. The zero-order valence-corrected chi connectivity index (χ0v) is 9.57. The minimum atomic E-state index is -2.62. The normalized spacial score (nSPS) is 24.3. The van der Waals surface area contributed by atoms with Crippen molar-refractivity contribution in [3.8, 4) is 0 Å². The van der Waals surface area contributed by atoms with Gasteiger partial charge in [-0.15, -0.1) is 0 Å². The standard InChI is InChI=1S/C9H13BrF2O2/c1-2-14-7(13)8(10)3-5-9(11,12)6-4-8/h2-6H2,1H3. The van der Waals surface area contributed by atoms with Crippen molar-refractivity contribution < 1.29 is 18.3 Å². The van der Waals surface area contributed by atoms with E-state index in [1.54, 1.807) is 6.92 Å². The molecule has 1 rings (SSSR count). The van der Waals surface area contributed by atoms with E-state index in [1.165, 1.54) is 0 Å². The number of rotatable bonds is 2. The Morgan fingerprint density at radius 1 is 1.36 bits per heavy atom. The first kappa shape index (κ1) is 11.9. The van der Waals surface area contributed by atoms with E-state index in [9.17, 15) is 13.6 Å². The Hall–Kier alpha value is -0.190. The molecule has 1 saturated carbocycles. The van der Waals surface area contributed by atoms with E-state index < -0.39 is 16.2 Å². The highest BCUT2D eigenvalue weighted by atomic mass is 79.9. The first-order valence-corrected chi connectivity index (χ1v) is 5.43. The Kier molecular flexibility index (Phi) is 3.50. The molecular weight excluding hydrogens is 258 g/mol. The Bertz CT molecular complexity index is 221. The van der Waals surface area contributed by atoms with E-state index in [2.05, 4.69) is 15.9 Å². The minimum absolute atomic E-state index is 0.138. The van der Waals surface area contributed by atoms with Crippen molar-refractivity contribution in [2.75, 3.05) is 6.61 Å². The van der Waals surface area contributed by atoms with Crippen LogP contribution in [0, 0.1) is 0 Å². The van der Waals surface area contributed by atoms with E-state index >= 15 is 0 Å². The highest BCUT2D eigenvalue weighted by Crippen LogP contribution is 2.43.